The lowest BCUT2D eigenvalue weighted by Gasteiger charge is -2.11. The van der Waals surface area contributed by atoms with E-state index in [1.165, 1.54) is 5.56 Å². The Labute approximate surface area is 124 Å². The van der Waals surface area contributed by atoms with Gasteiger partial charge in [-0.15, -0.1) is 0 Å². The van der Waals surface area contributed by atoms with Crippen molar-refractivity contribution in [2.75, 3.05) is 5.32 Å². The Kier molecular flexibility index (Phi) is 3.84. The number of fused-ring (bicyclic) bond motifs is 1. The van der Waals surface area contributed by atoms with E-state index in [1.54, 1.807) is 0 Å². The van der Waals surface area contributed by atoms with Gasteiger partial charge in [-0.1, -0.05) is 42.5 Å². The van der Waals surface area contributed by atoms with Gasteiger partial charge in [0, 0.05) is 29.9 Å². The summed E-state index contributed by atoms with van der Waals surface area (Å²) in [5.41, 5.74) is 11.2. The zero-order valence-corrected chi connectivity index (χ0v) is 12.1. The van der Waals surface area contributed by atoms with E-state index in [4.69, 9.17) is 5.73 Å². The number of hydrogen-bond acceptors (Lipinski definition) is 3. The fraction of sp³-hybridized carbons (Fsp3) is 0.167. The SMILES string of the molecule is Cc1cc(NCc2ccc(CN)cc2)c2ccccc2n1. The molecule has 0 aliphatic heterocycles. The third kappa shape index (κ3) is 3.03. The Morgan fingerprint density at radius 3 is 2.48 bits per heavy atom. The molecule has 0 atom stereocenters. The van der Waals surface area contributed by atoms with Crippen LogP contribution in [0.3, 0.4) is 0 Å². The Balaban J connectivity index is 1.84. The summed E-state index contributed by atoms with van der Waals surface area (Å²) in [6, 6.07) is 18.7. The standard InChI is InChI=1S/C18H19N3/c1-13-10-18(16-4-2-3-5-17(16)21-13)20-12-15-8-6-14(11-19)7-9-15/h2-10H,11-12,19H2,1H3,(H,20,21). The van der Waals surface area contributed by atoms with E-state index in [9.17, 15) is 0 Å². The van der Waals surface area contributed by atoms with Crippen LogP contribution in [0.15, 0.2) is 54.6 Å². The molecule has 0 saturated heterocycles. The molecular formula is C18H19N3. The monoisotopic (exact) mass is 277 g/mol. The first-order valence-electron chi connectivity index (χ1n) is 7.14. The summed E-state index contributed by atoms with van der Waals surface area (Å²) in [6.07, 6.45) is 0. The number of para-hydroxylation sites is 1. The first-order valence-corrected chi connectivity index (χ1v) is 7.14. The molecule has 3 N–H and O–H groups in total. The van der Waals surface area contributed by atoms with E-state index in [0.29, 0.717) is 6.54 Å². The maximum absolute atomic E-state index is 5.62. The molecule has 0 spiro atoms. The van der Waals surface area contributed by atoms with Gasteiger partial charge in [0.05, 0.1) is 5.52 Å². The van der Waals surface area contributed by atoms with Crippen LogP contribution in [-0.4, -0.2) is 4.98 Å². The highest BCUT2D eigenvalue weighted by molar-refractivity contribution is 5.91. The Hall–Kier alpha value is -2.39. The minimum absolute atomic E-state index is 0.585. The van der Waals surface area contributed by atoms with Crippen molar-refractivity contribution in [3.63, 3.8) is 0 Å². The second-order valence-corrected chi connectivity index (χ2v) is 5.20. The van der Waals surface area contributed by atoms with Gasteiger partial charge in [-0.25, -0.2) is 0 Å². The van der Waals surface area contributed by atoms with E-state index in [1.807, 2.05) is 25.1 Å². The van der Waals surface area contributed by atoms with Crippen LogP contribution in [0.2, 0.25) is 0 Å². The lowest BCUT2D eigenvalue weighted by Crippen LogP contribution is -2.02. The molecule has 1 heterocycles. The van der Waals surface area contributed by atoms with Crippen LogP contribution < -0.4 is 11.1 Å². The van der Waals surface area contributed by atoms with E-state index in [2.05, 4.69) is 46.7 Å². The summed E-state index contributed by atoms with van der Waals surface area (Å²) in [6.45, 7) is 3.40. The zero-order chi connectivity index (χ0) is 14.7. The molecule has 3 heteroatoms. The number of pyridine rings is 1. The lowest BCUT2D eigenvalue weighted by atomic mass is 10.1. The molecule has 0 aliphatic carbocycles. The normalized spacial score (nSPS) is 10.8. The molecular weight excluding hydrogens is 258 g/mol. The van der Waals surface area contributed by atoms with Gasteiger partial charge in [-0.3, -0.25) is 4.98 Å². The van der Waals surface area contributed by atoms with Crippen molar-refractivity contribution >= 4 is 16.6 Å². The number of nitrogens with one attached hydrogen (secondary N) is 1. The molecule has 0 amide bonds. The molecule has 0 fully saturated rings. The molecule has 0 radical (unpaired) electrons. The highest BCUT2D eigenvalue weighted by atomic mass is 14.9. The van der Waals surface area contributed by atoms with Crippen molar-refractivity contribution in [3.8, 4) is 0 Å². The fourth-order valence-electron chi connectivity index (χ4n) is 2.44. The molecule has 3 rings (SSSR count). The van der Waals surface area contributed by atoms with E-state index in [0.717, 1.165) is 34.4 Å². The minimum Gasteiger partial charge on any atom is -0.380 e. The van der Waals surface area contributed by atoms with Gasteiger partial charge in [0.2, 0.25) is 0 Å². The molecule has 0 unspecified atom stereocenters. The van der Waals surface area contributed by atoms with Crippen LogP contribution in [0.4, 0.5) is 5.69 Å². The molecule has 21 heavy (non-hydrogen) atoms. The average molecular weight is 277 g/mol. The van der Waals surface area contributed by atoms with Crippen molar-refractivity contribution in [1.82, 2.24) is 4.98 Å². The minimum atomic E-state index is 0.585. The Morgan fingerprint density at radius 1 is 1.00 bits per heavy atom. The zero-order valence-electron chi connectivity index (χ0n) is 12.1. The van der Waals surface area contributed by atoms with Crippen LogP contribution in [0.25, 0.3) is 10.9 Å². The predicted octanol–water partition coefficient (Wildman–Crippen LogP) is 3.61. The number of aryl methyl sites for hydroxylation is 1. The van der Waals surface area contributed by atoms with Gasteiger partial charge in [0.1, 0.15) is 0 Å². The van der Waals surface area contributed by atoms with Crippen LogP contribution in [0.5, 0.6) is 0 Å². The summed E-state index contributed by atoms with van der Waals surface area (Å²) in [5, 5.41) is 4.67. The van der Waals surface area contributed by atoms with Gasteiger partial charge >= 0.3 is 0 Å². The number of nitrogens with two attached hydrogens (primary N) is 1. The third-order valence-corrected chi connectivity index (χ3v) is 3.59. The second kappa shape index (κ2) is 5.94. The van der Waals surface area contributed by atoms with Crippen LogP contribution >= 0.6 is 0 Å². The predicted molar refractivity (Wildman–Crippen MR) is 88.1 cm³/mol. The molecule has 0 saturated carbocycles. The summed E-state index contributed by atoms with van der Waals surface area (Å²) < 4.78 is 0. The molecule has 3 nitrogen and oxygen atoms in total. The molecule has 0 bridgehead atoms. The topological polar surface area (TPSA) is 50.9 Å². The number of benzene rings is 2. The van der Waals surface area contributed by atoms with Crippen molar-refractivity contribution in [1.29, 1.82) is 0 Å². The number of rotatable bonds is 4. The molecule has 0 aliphatic rings. The largest absolute Gasteiger partial charge is 0.380 e. The van der Waals surface area contributed by atoms with Gasteiger partial charge in [-0.2, -0.15) is 0 Å². The third-order valence-electron chi connectivity index (χ3n) is 3.59. The number of anilines is 1. The quantitative estimate of drug-likeness (QED) is 0.766. The number of aromatic nitrogens is 1. The Bertz CT molecular complexity index is 748. The van der Waals surface area contributed by atoms with Gasteiger partial charge < -0.3 is 11.1 Å². The number of hydrogen-bond donors (Lipinski definition) is 2. The molecule has 2 aromatic carbocycles. The Morgan fingerprint density at radius 2 is 1.71 bits per heavy atom. The second-order valence-electron chi connectivity index (χ2n) is 5.20. The summed E-state index contributed by atoms with van der Waals surface area (Å²) >= 11 is 0. The molecule has 106 valence electrons. The first kappa shape index (κ1) is 13.6. The number of nitrogens with zero attached hydrogens (tertiary/aromatic N) is 1. The van der Waals surface area contributed by atoms with E-state index < -0.39 is 0 Å². The van der Waals surface area contributed by atoms with E-state index >= 15 is 0 Å². The lowest BCUT2D eigenvalue weighted by molar-refractivity contribution is 1.06. The van der Waals surface area contributed by atoms with Crippen LogP contribution in [-0.2, 0) is 13.1 Å². The highest BCUT2D eigenvalue weighted by Crippen LogP contribution is 2.23. The van der Waals surface area contributed by atoms with Gasteiger partial charge in [0.15, 0.2) is 0 Å². The van der Waals surface area contributed by atoms with Gasteiger partial charge in [-0.05, 0) is 30.2 Å². The smallest absolute Gasteiger partial charge is 0.0725 e. The van der Waals surface area contributed by atoms with E-state index in [-0.39, 0.29) is 0 Å². The summed E-state index contributed by atoms with van der Waals surface area (Å²) in [5.74, 6) is 0. The average Bonchev–Trinajstić information content (AvgIpc) is 2.53. The maximum atomic E-state index is 5.62. The van der Waals surface area contributed by atoms with Crippen molar-refractivity contribution in [2.45, 2.75) is 20.0 Å². The van der Waals surface area contributed by atoms with Crippen molar-refractivity contribution < 1.29 is 0 Å². The summed E-state index contributed by atoms with van der Waals surface area (Å²) in [7, 11) is 0. The van der Waals surface area contributed by atoms with Crippen molar-refractivity contribution in [2.24, 2.45) is 5.73 Å². The fourth-order valence-corrected chi connectivity index (χ4v) is 2.44. The highest BCUT2D eigenvalue weighted by Gasteiger charge is 2.03. The maximum Gasteiger partial charge on any atom is 0.0725 e. The summed E-state index contributed by atoms with van der Waals surface area (Å²) in [4.78, 5) is 4.56. The van der Waals surface area contributed by atoms with Gasteiger partial charge in [0.25, 0.3) is 0 Å². The van der Waals surface area contributed by atoms with Crippen LogP contribution in [0, 0.1) is 6.92 Å². The molecule has 3 aromatic rings. The van der Waals surface area contributed by atoms with Crippen LogP contribution in [0.1, 0.15) is 16.8 Å². The first-order chi connectivity index (χ1) is 10.3. The van der Waals surface area contributed by atoms with Crippen molar-refractivity contribution in [3.05, 3.63) is 71.4 Å². The molecule has 1 aromatic heterocycles.